The van der Waals surface area contributed by atoms with E-state index in [1.54, 1.807) is 0 Å². The Kier molecular flexibility index (Phi) is 5.95. The topological polar surface area (TPSA) is 52.6 Å². The van der Waals surface area contributed by atoms with E-state index < -0.39 is 11.7 Å². The Bertz CT molecular complexity index is 453. The Morgan fingerprint density at radius 3 is 2.40 bits per heavy atom. The highest BCUT2D eigenvalue weighted by Crippen LogP contribution is 2.14. The van der Waals surface area contributed by atoms with Gasteiger partial charge in [0.1, 0.15) is 11.6 Å². The molecule has 20 heavy (non-hydrogen) atoms. The molecule has 0 saturated heterocycles. The summed E-state index contributed by atoms with van der Waals surface area (Å²) in [7, 11) is 0. The number of nitrogens with zero attached hydrogens (tertiary/aromatic N) is 1. The third kappa shape index (κ3) is 4.49. The first-order chi connectivity index (χ1) is 9.32. The maximum Gasteiger partial charge on any atom is 0.254 e. The smallest absolute Gasteiger partial charge is 0.254 e. The molecule has 0 aromatic heterocycles. The molecule has 4 nitrogen and oxygen atoms in total. The van der Waals surface area contributed by atoms with Gasteiger partial charge in [0.15, 0.2) is 0 Å². The molecule has 0 heterocycles. The molecule has 1 amide bonds. The molecule has 0 unspecified atom stereocenters. The number of rotatable bonds is 6. The van der Waals surface area contributed by atoms with Crippen molar-refractivity contribution in [3.63, 3.8) is 0 Å². The second-order valence-corrected chi connectivity index (χ2v) is 5.35. The lowest BCUT2D eigenvalue weighted by atomic mass is 10.2. The number of nitrogens with one attached hydrogen (secondary N) is 1. The van der Waals surface area contributed by atoms with Gasteiger partial charge in [0.25, 0.3) is 5.91 Å². The van der Waals surface area contributed by atoms with Crippen molar-refractivity contribution < 1.29 is 14.3 Å². The normalized spacial score (nSPS) is 11.4. The third-order valence-electron chi connectivity index (χ3n) is 3.18. The summed E-state index contributed by atoms with van der Waals surface area (Å²) in [5, 5.41) is 11.8. The minimum Gasteiger partial charge on any atom is -0.508 e. The van der Waals surface area contributed by atoms with Crippen LogP contribution < -0.4 is 5.32 Å². The second-order valence-electron chi connectivity index (χ2n) is 5.35. The number of phenolic OH excluding ortho intramolecular Hbond substituents is 1. The van der Waals surface area contributed by atoms with Gasteiger partial charge in [-0.15, -0.1) is 0 Å². The van der Waals surface area contributed by atoms with Crippen LogP contribution in [0.15, 0.2) is 18.2 Å². The Balaban J connectivity index is 2.55. The molecular formula is C15H23FN2O2. The van der Waals surface area contributed by atoms with E-state index in [0.717, 1.165) is 6.07 Å². The number of hydrogen-bond donors (Lipinski definition) is 2. The number of halogens is 1. The molecule has 0 atom stereocenters. The molecule has 1 aromatic rings. The van der Waals surface area contributed by atoms with Crippen molar-refractivity contribution in [3.8, 4) is 5.75 Å². The molecule has 0 spiro atoms. The van der Waals surface area contributed by atoms with E-state index in [2.05, 4.69) is 37.9 Å². The van der Waals surface area contributed by atoms with Crippen LogP contribution in [0.2, 0.25) is 0 Å². The van der Waals surface area contributed by atoms with Crippen LogP contribution in [0.1, 0.15) is 38.1 Å². The number of benzene rings is 1. The number of amides is 1. The maximum atomic E-state index is 13.5. The summed E-state index contributed by atoms with van der Waals surface area (Å²) in [5.74, 6) is -1.37. The predicted octanol–water partition coefficient (Wildman–Crippen LogP) is 2.38. The average molecular weight is 282 g/mol. The molecule has 0 aliphatic rings. The summed E-state index contributed by atoms with van der Waals surface area (Å²) >= 11 is 0. The molecule has 1 rings (SSSR count). The van der Waals surface area contributed by atoms with Crippen molar-refractivity contribution in [3.05, 3.63) is 29.6 Å². The fourth-order valence-electron chi connectivity index (χ4n) is 2.19. The summed E-state index contributed by atoms with van der Waals surface area (Å²) in [4.78, 5) is 14.1. The lowest BCUT2D eigenvalue weighted by Crippen LogP contribution is -2.42. The Morgan fingerprint density at radius 2 is 1.90 bits per heavy atom. The van der Waals surface area contributed by atoms with Gasteiger partial charge in [-0.25, -0.2) is 4.39 Å². The van der Waals surface area contributed by atoms with Gasteiger partial charge in [0, 0.05) is 31.2 Å². The van der Waals surface area contributed by atoms with Gasteiger partial charge in [0.05, 0.1) is 5.56 Å². The van der Waals surface area contributed by atoms with Crippen molar-refractivity contribution in [1.29, 1.82) is 0 Å². The minimum atomic E-state index is -0.716. The minimum absolute atomic E-state index is 0.0524. The first-order valence-electron chi connectivity index (χ1n) is 6.85. The molecule has 5 heteroatoms. The largest absolute Gasteiger partial charge is 0.508 e. The van der Waals surface area contributed by atoms with Crippen LogP contribution >= 0.6 is 0 Å². The van der Waals surface area contributed by atoms with E-state index >= 15 is 0 Å². The second kappa shape index (κ2) is 7.24. The zero-order valence-electron chi connectivity index (χ0n) is 12.5. The van der Waals surface area contributed by atoms with E-state index in [-0.39, 0.29) is 11.3 Å². The molecule has 0 aliphatic carbocycles. The molecule has 0 fully saturated rings. The van der Waals surface area contributed by atoms with Crippen LogP contribution in [0, 0.1) is 5.82 Å². The lowest BCUT2D eigenvalue weighted by molar-refractivity contribution is 0.0935. The zero-order chi connectivity index (χ0) is 15.3. The Labute approximate surface area is 119 Å². The number of carbonyl (C=O) groups excluding carboxylic acids is 1. The average Bonchev–Trinajstić information content (AvgIpc) is 2.33. The van der Waals surface area contributed by atoms with E-state index in [1.165, 1.54) is 12.1 Å². The lowest BCUT2D eigenvalue weighted by Gasteiger charge is -2.30. The van der Waals surface area contributed by atoms with Crippen LogP contribution in [-0.2, 0) is 0 Å². The maximum absolute atomic E-state index is 13.5. The zero-order valence-corrected chi connectivity index (χ0v) is 12.5. The van der Waals surface area contributed by atoms with Crippen molar-refractivity contribution in [1.82, 2.24) is 10.2 Å². The fraction of sp³-hybridized carbons (Fsp3) is 0.533. The van der Waals surface area contributed by atoms with Crippen molar-refractivity contribution in [2.24, 2.45) is 0 Å². The quantitative estimate of drug-likeness (QED) is 0.842. The molecule has 112 valence electrons. The van der Waals surface area contributed by atoms with Crippen molar-refractivity contribution >= 4 is 5.91 Å². The highest BCUT2D eigenvalue weighted by molar-refractivity contribution is 5.94. The van der Waals surface area contributed by atoms with Crippen LogP contribution in [0.5, 0.6) is 5.75 Å². The summed E-state index contributed by atoms with van der Waals surface area (Å²) in [5.41, 5.74) is -0.0524. The SMILES string of the molecule is CC(C)N(CCNC(=O)c1ccc(O)cc1F)C(C)C. The van der Waals surface area contributed by atoms with Gasteiger partial charge in [-0.1, -0.05) is 0 Å². The van der Waals surface area contributed by atoms with Crippen LogP contribution in [0.3, 0.4) is 0 Å². The van der Waals surface area contributed by atoms with Gasteiger partial charge < -0.3 is 10.4 Å². The Hall–Kier alpha value is -1.62. The summed E-state index contributed by atoms with van der Waals surface area (Å²) < 4.78 is 13.5. The highest BCUT2D eigenvalue weighted by Gasteiger charge is 2.15. The monoisotopic (exact) mass is 282 g/mol. The first kappa shape index (κ1) is 16.4. The molecule has 1 aromatic carbocycles. The Morgan fingerprint density at radius 1 is 1.30 bits per heavy atom. The third-order valence-corrected chi connectivity index (χ3v) is 3.18. The van der Waals surface area contributed by atoms with Gasteiger partial charge in [-0.3, -0.25) is 9.69 Å². The van der Waals surface area contributed by atoms with E-state index in [4.69, 9.17) is 5.11 Å². The van der Waals surface area contributed by atoms with Gasteiger partial charge in [-0.2, -0.15) is 0 Å². The molecule has 0 bridgehead atoms. The number of hydrogen-bond acceptors (Lipinski definition) is 3. The van der Waals surface area contributed by atoms with E-state index in [0.29, 0.717) is 25.2 Å². The first-order valence-corrected chi connectivity index (χ1v) is 6.85. The summed E-state index contributed by atoms with van der Waals surface area (Å²) in [6, 6.07) is 4.29. The van der Waals surface area contributed by atoms with Crippen LogP contribution in [-0.4, -0.2) is 41.1 Å². The molecular weight excluding hydrogens is 259 g/mol. The highest BCUT2D eigenvalue weighted by atomic mass is 19.1. The number of aromatic hydroxyl groups is 1. The standard InChI is InChI=1S/C15H23FN2O2/c1-10(2)18(11(3)4)8-7-17-15(20)13-6-5-12(19)9-14(13)16/h5-6,9-11,19H,7-8H2,1-4H3,(H,17,20). The van der Waals surface area contributed by atoms with Gasteiger partial charge in [-0.05, 0) is 39.8 Å². The summed E-state index contributed by atoms with van der Waals surface area (Å²) in [6.45, 7) is 9.56. The molecule has 2 N–H and O–H groups in total. The number of phenols is 1. The molecule has 0 saturated carbocycles. The van der Waals surface area contributed by atoms with Crippen LogP contribution in [0.25, 0.3) is 0 Å². The van der Waals surface area contributed by atoms with Crippen molar-refractivity contribution in [2.75, 3.05) is 13.1 Å². The predicted molar refractivity (Wildman–Crippen MR) is 77.4 cm³/mol. The van der Waals surface area contributed by atoms with E-state index in [9.17, 15) is 9.18 Å². The summed E-state index contributed by atoms with van der Waals surface area (Å²) in [6.07, 6.45) is 0. The molecule has 0 radical (unpaired) electrons. The molecule has 0 aliphatic heterocycles. The fourth-order valence-corrected chi connectivity index (χ4v) is 2.19. The number of carbonyl (C=O) groups is 1. The van der Waals surface area contributed by atoms with Gasteiger partial charge in [0.2, 0.25) is 0 Å². The van der Waals surface area contributed by atoms with E-state index in [1.807, 2.05) is 0 Å². The van der Waals surface area contributed by atoms with Crippen LogP contribution in [0.4, 0.5) is 4.39 Å². The van der Waals surface area contributed by atoms with Gasteiger partial charge >= 0.3 is 0 Å². The van der Waals surface area contributed by atoms with Crippen molar-refractivity contribution in [2.45, 2.75) is 39.8 Å².